The lowest BCUT2D eigenvalue weighted by atomic mass is 9.85. The van der Waals surface area contributed by atoms with E-state index in [0.29, 0.717) is 29.1 Å². The summed E-state index contributed by atoms with van der Waals surface area (Å²) in [6, 6.07) is 13.6. The standard InChI is InChI=1S/C25H23ClN2O5/c1-15-11-12-17(13-20(15)26)27-23(30)22(16-7-3-2-4-8-16)33-21(29)14-28-24(31)18-9-5-6-10-19(18)25(28)32/h2-8,11-13,18-19,22H,9-10,14H2,1H3,(H,27,30). The quantitative estimate of drug-likeness (QED) is 0.397. The first-order valence-corrected chi connectivity index (χ1v) is 11.0. The summed E-state index contributed by atoms with van der Waals surface area (Å²) in [5, 5.41) is 3.20. The lowest BCUT2D eigenvalue weighted by Crippen LogP contribution is -2.38. The van der Waals surface area contributed by atoms with Gasteiger partial charge in [0.15, 0.2) is 0 Å². The maximum atomic E-state index is 13.0. The van der Waals surface area contributed by atoms with Gasteiger partial charge in [0, 0.05) is 16.3 Å². The Bertz CT molecular complexity index is 1100. The van der Waals surface area contributed by atoms with Gasteiger partial charge in [0.1, 0.15) is 6.54 Å². The van der Waals surface area contributed by atoms with Gasteiger partial charge in [-0.3, -0.25) is 24.1 Å². The van der Waals surface area contributed by atoms with E-state index >= 15 is 0 Å². The zero-order valence-electron chi connectivity index (χ0n) is 18.0. The Morgan fingerprint density at radius 1 is 1.06 bits per heavy atom. The number of esters is 1. The molecule has 4 rings (SSSR count). The number of nitrogens with zero attached hydrogens (tertiary/aromatic N) is 1. The van der Waals surface area contributed by atoms with Crippen molar-refractivity contribution in [2.24, 2.45) is 11.8 Å². The molecule has 0 aromatic heterocycles. The molecule has 3 atom stereocenters. The van der Waals surface area contributed by atoms with Gasteiger partial charge in [-0.2, -0.15) is 0 Å². The lowest BCUT2D eigenvalue weighted by Gasteiger charge is -2.20. The number of likely N-dealkylation sites (tertiary alicyclic amines) is 1. The van der Waals surface area contributed by atoms with E-state index in [1.54, 1.807) is 48.5 Å². The second-order valence-corrected chi connectivity index (χ2v) is 8.56. The van der Waals surface area contributed by atoms with E-state index in [2.05, 4.69) is 5.32 Å². The number of carbonyl (C=O) groups is 4. The maximum absolute atomic E-state index is 13.0. The van der Waals surface area contributed by atoms with E-state index in [-0.39, 0.29) is 11.8 Å². The molecule has 33 heavy (non-hydrogen) atoms. The zero-order chi connectivity index (χ0) is 23.5. The van der Waals surface area contributed by atoms with Crippen LogP contribution in [0.15, 0.2) is 60.7 Å². The van der Waals surface area contributed by atoms with Crippen LogP contribution < -0.4 is 5.32 Å². The number of imide groups is 1. The molecule has 0 saturated carbocycles. The lowest BCUT2D eigenvalue weighted by molar-refractivity contribution is -0.159. The molecule has 0 spiro atoms. The second kappa shape index (κ2) is 9.58. The molecule has 0 radical (unpaired) electrons. The number of rotatable bonds is 6. The minimum atomic E-state index is -1.27. The average molecular weight is 467 g/mol. The molecule has 2 aliphatic rings. The number of anilines is 1. The molecule has 8 heteroatoms. The SMILES string of the molecule is Cc1ccc(NC(=O)C(OC(=O)CN2C(=O)C3CC=CCC3C2=O)c2ccccc2)cc1Cl. The van der Waals surface area contributed by atoms with E-state index in [0.717, 1.165) is 10.5 Å². The zero-order valence-corrected chi connectivity index (χ0v) is 18.7. The summed E-state index contributed by atoms with van der Waals surface area (Å²) < 4.78 is 5.49. The fourth-order valence-electron chi connectivity index (χ4n) is 4.10. The monoisotopic (exact) mass is 466 g/mol. The van der Waals surface area contributed by atoms with Crippen LogP contribution in [0.2, 0.25) is 5.02 Å². The van der Waals surface area contributed by atoms with Crippen LogP contribution in [0.5, 0.6) is 0 Å². The molecule has 1 fully saturated rings. The Labute approximate surface area is 196 Å². The van der Waals surface area contributed by atoms with Crippen molar-refractivity contribution in [2.75, 3.05) is 11.9 Å². The minimum Gasteiger partial charge on any atom is -0.446 e. The minimum absolute atomic E-state index is 0.374. The number of carbonyl (C=O) groups excluding carboxylic acids is 4. The van der Waals surface area contributed by atoms with Crippen molar-refractivity contribution >= 4 is 41.0 Å². The second-order valence-electron chi connectivity index (χ2n) is 8.15. The predicted octanol–water partition coefficient (Wildman–Crippen LogP) is 3.82. The van der Waals surface area contributed by atoms with Gasteiger partial charge in [-0.1, -0.05) is 60.2 Å². The summed E-state index contributed by atoms with van der Waals surface area (Å²) in [5.74, 6) is -3.03. The van der Waals surface area contributed by atoms with Gasteiger partial charge in [-0.05, 0) is 37.5 Å². The predicted molar refractivity (Wildman–Crippen MR) is 122 cm³/mol. The van der Waals surface area contributed by atoms with Gasteiger partial charge in [-0.25, -0.2) is 0 Å². The van der Waals surface area contributed by atoms with Crippen molar-refractivity contribution in [1.82, 2.24) is 4.90 Å². The normalized spacial score (nSPS) is 20.4. The Balaban J connectivity index is 1.49. The number of ether oxygens (including phenoxy) is 1. The van der Waals surface area contributed by atoms with Crippen LogP contribution in [0.3, 0.4) is 0 Å². The number of hydrogen-bond acceptors (Lipinski definition) is 5. The van der Waals surface area contributed by atoms with E-state index in [1.165, 1.54) is 0 Å². The molecule has 3 amide bonds. The highest BCUT2D eigenvalue weighted by atomic mass is 35.5. The highest BCUT2D eigenvalue weighted by Gasteiger charge is 2.48. The molecular weight excluding hydrogens is 444 g/mol. The average Bonchev–Trinajstić information content (AvgIpc) is 3.05. The molecule has 1 heterocycles. The fourth-order valence-corrected chi connectivity index (χ4v) is 4.28. The van der Waals surface area contributed by atoms with E-state index < -0.39 is 36.4 Å². The molecule has 1 aliphatic carbocycles. The Kier molecular flexibility index (Phi) is 6.60. The molecular formula is C25H23ClN2O5. The third-order valence-corrected chi connectivity index (χ3v) is 6.32. The topological polar surface area (TPSA) is 92.8 Å². The van der Waals surface area contributed by atoms with E-state index in [9.17, 15) is 19.2 Å². The molecule has 170 valence electrons. The van der Waals surface area contributed by atoms with Gasteiger partial charge >= 0.3 is 5.97 Å². The molecule has 2 aromatic carbocycles. The number of allylic oxidation sites excluding steroid dienone is 2. The molecule has 1 saturated heterocycles. The number of amides is 3. The Hall–Kier alpha value is -3.45. The largest absolute Gasteiger partial charge is 0.446 e. The van der Waals surface area contributed by atoms with Crippen molar-refractivity contribution in [3.8, 4) is 0 Å². The summed E-state index contributed by atoms with van der Waals surface area (Å²) in [5.41, 5.74) is 1.77. The van der Waals surface area contributed by atoms with Crippen molar-refractivity contribution in [3.05, 3.63) is 76.8 Å². The first kappa shape index (κ1) is 22.7. The summed E-state index contributed by atoms with van der Waals surface area (Å²) in [6.45, 7) is 1.31. The summed E-state index contributed by atoms with van der Waals surface area (Å²) >= 11 is 6.14. The molecule has 3 unspecified atom stereocenters. The van der Waals surface area contributed by atoms with Gasteiger partial charge in [0.2, 0.25) is 17.9 Å². The van der Waals surface area contributed by atoms with Crippen LogP contribution in [0, 0.1) is 18.8 Å². The number of hydrogen-bond donors (Lipinski definition) is 1. The number of fused-ring (bicyclic) bond motifs is 1. The van der Waals surface area contributed by atoms with Gasteiger partial charge in [-0.15, -0.1) is 0 Å². The number of benzene rings is 2. The molecule has 0 bridgehead atoms. The van der Waals surface area contributed by atoms with Crippen molar-refractivity contribution in [3.63, 3.8) is 0 Å². The van der Waals surface area contributed by atoms with Gasteiger partial charge < -0.3 is 10.1 Å². The number of aryl methyl sites for hydroxylation is 1. The van der Waals surface area contributed by atoms with Crippen LogP contribution in [0.4, 0.5) is 5.69 Å². The number of halogens is 1. The maximum Gasteiger partial charge on any atom is 0.327 e. The van der Waals surface area contributed by atoms with Crippen LogP contribution in [-0.2, 0) is 23.9 Å². The highest BCUT2D eigenvalue weighted by Crippen LogP contribution is 2.35. The Morgan fingerprint density at radius 3 is 2.30 bits per heavy atom. The van der Waals surface area contributed by atoms with E-state index in [4.69, 9.17) is 16.3 Å². The summed E-state index contributed by atoms with van der Waals surface area (Å²) in [6.07, 6.45) is 3.45. The molecule has 2 aromatic rings. The third kappa shape index (κ3) is 4.83. The summed E-state index contributed by atoms with van der Waals surface area (Å²) in [4.78, 5) is 52.0. The van der Waals surface area contributed by atoms with Crippen LogP contribution in [-0.4, -0.2) is 35.1 Å². The molecule has 1 aliphatic heterocycles. The Morgan fingerprint density at radius 2 is 1.70 bits per heavy atom. The van der Waals surface area contributed by atoms with Crippen LogP contribution in [0.25, 0.3) is 0 Å². The molecule has 7 nitrogen and oxygen atoms in total. The highest BCUT2D eigenvalue weighted by molar-refractivity contribution is 6.31. The van der Waals surface area contributed by atoms with Gasteiger partial charge in [0.05, 0.1) is 11.8 Å². The van der Waals surface area contributed by atoms with Gasteiger partial charge in [0.25, 0.3) is 5.91 Å². The van der Waals surface area contributed by atoms with Crippen LogP contribution in [0.1, 0.15) is 30.1 Å². The number of nitrogens with one attached hydrogen (secondary N) is 1. The fraction of sp³-hybridized carbons (Fsp3) is 0.280. The van der Waals surface area contributed by atoms with E-state index in [1.807, 2.05) is 19.1 Å². The van der Waals surface area contributed by atoms with Crippen LogP contribution >= 0.6 is 11.6 Å². The first-order valence-electron chi connectivity index (χ1n) is 10.7. The molecule has 1 N–H and O–H groups in total. The smallest absolute Gasteiger partial charge is 0.327 e. The third-order valence-electron chi connectivity index (χ3n) is 5.92. The van der Waals surface area contributed by atoms with Crippen molar-refractivity contribution in [2.45, 2.75) is 25.9 Å². The summed E-state index contributed by atoms with van der Waals surface area (Å²) in [7, 11) is 0. The first-order chi connectivity index (χ1) is 15.8. The van der Waals surface area contributed by atoms with Crippen molar-refractivity contribution in [1.29, 1.82) is 0 Å². The van der Waals surface area contributed by atoms with Crippen molar-refractivity contribution < 1.29 is 23.9 Å².